The summed E-state index contributed by atoms with van der Waals surface area (Å²) in [5.41, 5.74) is 3.81. The van der Waals surface area contributed by atoms with Gasteiger partial charge in [-0.25, -0.2) is 4.68 Å². The van der Waals surface area contributed by atoms with Crippen LogP contribution < -0.4 is 10.9 Å². The van der Waals surface area contributed by atoms with Gasteiger partial charge < -0.3 is 10.1 Å². The van der Waals surface area contributed by atoms with E-state index in [1.54, 1.807) is 18.2 Å². The van der Waals surface area contributed by atoms with Crippen molar-refractivity contribution in [3.63, 3.8) is 0 Å². The highest BCUT2D eigenvalue weighted by atomic mass is 16.5. The van der Waals surface area contributed by atoms with Crippen LogP contribution in [0.2, 0.25) is 0 Å². The Labute approximate surface area is 225 Å². The molecule has 202 valence electrons. The maximum absolute atomic E-state index is 12.5. The van der Waals surface area contributed by atoms with Crippen LogP contribution in [-0.2, 0) is 22.5 Å². The first-order chi connectivity index (χ1) is 18.4. The van der Waals surface area contributed by atoms with E-state index in [1.165, 1.54) is 17.2 Å². The highest BCUT2D eigenvalue weighted by Gasteiger charge is 2.09. The van der Waals surface area contributed by atoms with Gasteiger partial charge in [0.1, 0.15) is 0 Å². The second kappa shape index (κ2) is 14.9. The fraction of sp³-hybridized carbons (Fsp3) is 0.419. The molecular weight excluding hydrogens is 478 g/mol. The van der Waals surface area contributed by atoms with Crippen LogP contribution in [0, 0.1) is 5.92 Å². The maximum Gasteiger partial charge on any atom is 0.306 e. The van der Waals surface area contributed by atoms with E-state index in [2.05, 4.69) is 24.3 Å². The average Bonchev–Trinajstić information content (AvgIpc) is 2.92. The molecule has 7 heteroatoms. The normalized spacial score (nSPS) is 10.9. The lowest BCUT2D eigenvalue weighted by Crippen LogP contribution is -2.24. The summed E-state index contributed by atoms with van der Waals surface area (Å²) in [6, 6.07) is 18.3. The van der Waals surface area contributed by atoms with Gasteiger partial charge in [0.25, 0.3) is 11.5 Å². The summed E-state index contributed by atoms with van der Waals surface area (Å²) in [5, 5.41) is 7.54. The molecule has 7 nitrogen and oxygen atoms in total. The highest BCUT2D eigenvalue weighted by Crippen LogP contribution is 2.17. The first kappa shape index (κ1) is 28.8. The standard InChI is InChI=1S/C31H39N3O4/c1-4-20-38-30(36)18-11-24-9-7-10-25(21-24)22-34-29(35)17-16-28(33-34)26-12-14-27(15-13-26)31(37)32-19-6-5-8-23(2)3/h7,9-10,12-17,21,23H,4-6,8,11,18-20,22H2,1-3H3,(H,32,37). The number of hydrogen-bond donors (Lipinski definition) is 1. The fourth-order valence-electron chi connectivity index (χ4n) is 4.08. The van der Waals surface area contributed by atoms with Crippen LogP contribution in [0.4, 0.5) is 0 Å². The fourth-order valence-corrected chi connectivity index (χ4v) is 4.08. The van der Waals surface area contributed by atoms with E-state index in [0.717, 1.165) is 36.0 Å². The molecule has 1 amide bonds. The average molecular weight is 518 g/mol. The van der Waals surface area contributed by atoms with Gasteiger partial charge in [-0.1, -0.05) is 70.0 Å². The Bertz CT molecular complexity index is 1250. The number of aromatic nitrogens is 2. The summed E-state index contributed by atoms with van der Waals surface area (Å²) in [5.74, 6) is 0.393. The molecule has 2 aromatic carbocycles. The number of ether oxygens (including phenoxy) is 1. The first-order valence-corrected chi connectivity index (χ1v) is 13.6. The van der Waals surface area contributed by atoms with Crippen LogP contribution in [0.25, 0.3) is 11.3 Å². The third kappa shape index (κ3) is 9.29. The summed E-state index contributed by atoms with van der Waals surface area (Å²) >= 11 is 0. The molecule has 1 heterocycles. The van der Waals surface area contributed by atoms with Crippen molar-refractivity contribution in [2.24, 2.45) is 5.92 Å². The number of amides is 1. The van der Waals surface area contributed by atoms with Crippen LogP contribution in [-0.4, -0.2) is 34.8 Å². The molecule has 0 aliphatic rings. The van der Waals surface area contributed by atoms with Crippen molar-refractivity contribution in [2.75, 3.05) is 13.2 Å². The Kier molecular flexibility index (Phi) is 11.3. The van der Waals surface area contributed by atoms with E-state index in [0.29, 0.717) is 49.7 Å². The predicted molar refractivity (Wildman–Crippen MR) is 150 cm³/mol. The van der Waals surface area contributed by atoms with Gasteiger partial charge in [-0.3, -0.25) is 14.4 Å². The van der Waals surface area contributed by atoms with Crippen molar-refractivity contribution in [3.05, 3.63) is 87.7 Å². The molecule has 0 radical (unpaired) electrons. The molecule has 3 aromatic rings. The Morgan fingerprint density at radius 1 is 1.00 bits per heavy atom. The number of carbonyl (C=O) groups excluding carboxylic acids is 2. The first-order valence-electron chi connectivity index (χ1n) is 13.6. The summed E-state index contributed by atoms with van der Waals surface area (Å²) in [7, 11) is 0. The lowest BCUT2D eigenvalue weighted by atomic mass is 10.1. The maximum atomic E-state index is 12.5. The molecular formula is C31H39N3O4. The summed E-state index contributed by atoms with van der Waals surface area (Å²) < 4.78 is 6.58. The van der Waals surface area contributed by atoms with Crippen LogP contribution in [0.5, 0.6) is 0 Å². The Morgan fingerprint density at radius 2 is 1.76 bits per heavy atom. The topological polar surface area (TPSA) is 90.3 Å². The minimum absolute atomic E-state index is 0.0856. The minimum atomic E-state index is -0.201. The Hall–Kier alpha value is -3.74. The summed E-state index contributed by atoms with van der Waals surface area (Å²) in [6.45, 7) is 7.80. The number of rotatable bonds is 14. The second-order valence-electron chi connectivity index (χ2n) is 9.98. The number of benzene rings is 2. The van der Waals surface area contributed by atoms with Gasteiger partial charge in [0.05, 0.1) is 18.8 Å². The molecule has 0 saturated carbocycles. The third-order valence-electron chi connectivity index (χ3n) is 6.21. The van der Waals surface area contributed by atoms with E-state index in [1.807, 2.05) is 43.3 Å². The van der Waals surface area contributed by atoms with E-state index in [4.69, 9.17) is 4.74 Å². The van der Waals surface area contributed by atoms with Gasteiger partial charge >= 0.3 is 5.97 Å². The molecule has 38 heavy (non-hydrogen) atoms. The summed E-state index contributed by atoms with van der Waals surface area (Å²) in [6.07, 6.45) is 4.96. The van der Waals surface area contributed by atoms with E-state index in [-0.39, 0.29) is 17.4 Å². The van der Waals surface area contributed by atoms with Crippen molar-refractivity contribution in [3.8, 4) is 11.3 Å². The lowest BCUT2D eigenvalue weighted by molar-refractivity contribution is -0.143. The largest absolute Gasteiger partial charge is 0.466 e. The molecule has 0 bridgehead atoms. The van der Waals surface area contributed by atoms with Gasteiger partial charge in [-0.05, 0) is 54.5 Å². The predicted octanol–water partition coefficient (Wildman–Crippen LogP) is 5.40. The zero-order valence-corrected chi connectivity index (χ0v) is 22.7. The van der Waals surface area contributed by atoms with Gasteiger partial charge in [-0.15, -0.1) is 0 Å². The SMILES string of the molecule is CCCOC(=O)CCc1cccc(Cn2nc(-c3ccc(C(=O)NCCCCC(C)C)cc3)ccc2=O)c1. The molecule has 1 aromatic heterocycles. The molecule has 0 aliphatic carbocycles. The number of nitrogens with zero attached hydrogens (tertiary/aromatic N) is 2. The quantitative estimate of drug-likeness (QED) is 0.228. The molecule has 0 fully saturated rings. The van der Waals surface area contributed by atoms with Crippen molar-refractivity contribution < 1.29 is 14.3 Å². The van der Waals surface area contributed by atoms with Gasteiger partial charge in [0, 0.05) is 30.2 Å². The van der Waals surface area contributed by atoms with Gasteiger partial charge in [-0.2, -0.15) is 5.10 Å². The second-order valence-corrected chi connectivity index (χ2v) is 9.98. The van der Waals surface area contributed by atoms with Crippen molar-refractivity contribution in [2.45, 2.75) is 65.8 Å². The number of unbranched alkanes of at least 4 members (excludes halogenated alkanes) is 1. The molecule has 0 saturated heterocycles. The molecule has 0 unspecified atom stereocenters. The number of carbonyl (C=O) groups is 2. The van der Waals surface area contributed by atoms with Crippen LogP contribution in [0.3, 0.4) is 0 Å². The minimum Gasteiger partial charge on any atom is -0.466 e. The molecule has 0 aliphatic heterocycles. The zero-order valence-electron chi connectivity index (χ0n) is 22.7. The lowest BCUT2D eigenvalue weighted by Gasteiger charge is -2.10. The molecule has 0 atom stereocenters. The molecule has 3 rings (SSSR count). The molecule has 0 spiro atoms. The van der Waals surface area contributed by atoms with Crippen LogP contribution in [0.15, 0.2) is 65.5 Å². The third-order valence-corrected chi connectivity index (χ3v) is 6.21. The highest BCUT2D eigenvalue weighted by molar-refractivity contribution is 5.94. The number of nitrogens with one attached hydrogen (secondary N) is 1. The number of aryl methyl sites for hydroxylation is 1. The Balaban J connectivity index is 1.61. The van der Waals surface area contributed by atoms with Gasteiger partial charge in [0.15, 0.2) is 0 Å². The van der Waals surface area contributed by atoms with Crippen LogP contribution in [0.1, 0.15) is 74.4 Å². The van der Waals surface area contributed by atoms with Crippen LogP contribution >= 0.6 is 0 Å². The van der Waals surface area contributed by atoms with E-state index >= 15 is 0 Å². The van der Waals surface area contributed by atoms with E-state index in [9.17, 15) is 14.4 Å². The smallest absolute Gasteiger partial charge is 0.306 e. The zero-order chi connectivity index (χ0) is 27.3. The van der Waals surface area contributed by atoms with Crippen molar-refractivity contribution in [1.82, 2.24) is 15.1 Å². The Morgan fingerprint density at radius 3 is 2.50 bits per heavy atom. The summed E-state index contributed by atoms with van der Waals surface area (Å²) in [4.78, 5) is 36.8. The van der Waals surface area contributed by atoms with Gasteiger partial charge in [0.2, 0.25) is 0 Å². The number of hydrogen-bond acceptors (Lipinski definition) is 5. The monoisotopic (exact) mass is 517 g/mol. The van der Waals surface area contributed by atoms with Crippen molar-refractivity contribution in [1.29, 1.82) is 0 Å². The number of esters is 1. The van der Waals surface area contributed by atoms with E-state index < -0.39 is 0 Å². The van der Waals surface area contributed by atoms with Crippen molar-refractivity contribution >= 4 is 11.9 Å². The molecule has 1 N–H and O–H groups in total.